The summed E-state index contributed by atoms with van der Waals surface area (Å²) in [6.07, 6.45) is 0. The van der Waals surface area contributed by atoms with Crippen LogP contribution in [0.25, 0.3) is 0 Å². The number of halogens is 8. The normalized spacial score (nSPS) is 24.2. The minimum atomic E-state index is -1.46. The topological polar surface area (TPSA) is 64.7 Å². The highest BCUT2D eigenvalue weighted by Crippen LogP contribution is 2.67. The lowest BCUT2D eigenvalue weighted by molar-refractivity contribution is 0.0528. The predicted molar refractivity (Wildman–Crippen MR) is 143 cm³/mol. The average Bonchev–Trinajstić information content (AvgIpc) is 3.09. The molecule has 0 radical (unpaired) electrons. The lowest BCUT2D eigenvalue weighted by Crippen LogP contribution is -2.90. The lowest BCUT2D eigenvalue weighted by Gasteiger charge is -2.70. The van der Waals surface area contributed by atoms with Crippen molar-refractivity contribution in [3.05, 3.63) is 86.7 Å². The number of anilines is 2. The summed E-state index contributed by atoms with van der Waals surface area (Å²) in [4.78, 5) is 30.3. The van der Waals surface area contributed by atoms with Crippen molar-refractivity contribution < 1.29 is 9.59 Å². The number of carbonyl (C=O) groups is 2. The van der Waals surface area contributed by atoms with Crippen LogP contribution in [0.15, 0.2) is 24.3 Å². The van der Waals surface area contributed by atoms with Crippen molar-refractivity contribution in [2.75, 3.05) is 9.80 Å². The Hall–Kier alpha value is -1.48. The molecule has 7 aliphatic rings. The second-order valence-corrected chi connectivity index (χ2v) is 11.5. The first-order valence-corrected chi connectivity index (χ1v) is 13.1. The third kappa shape index (κ3) is 2.30. The number of amides is 2. The molecule has 2 amide bonds. The average molecular weight is 642 g/mol. The monoisotopic (exact) mass is 638 g/mol. The lowest BCUT2D eigenvalue weighted by atomic mass is 9.88. The van der Waals surface area contributed by atoms with Crippen molar-refractivity contribution >= 4 is 116 Å². The van der Waals surface area contributed by atoms with Gasteiger partial charge < -0.3 is 10.6 Å². The molecule has 2 spiro atoms. The van der Waals surface area contributed by atoms with E-state index in [4.69, 9.17) is 92.8 Å². The molecule has 3 aromatic rings. The van der Waals surface area contributed by atoms with Gasteiger partial charge in [0, 0.05) is 11.4 Å². The highest BCUT2D eigenvalue weighted by atomic mass is 35.5. The minimum Gasteiger partial charge on any atom is -0.308 e. The molecule has 0 unspecified atom stereocenters. The molecular weight excluding hydrogens is 636 g/mol. The maximum Gasteiger partial charge on any atom is 0.256 e. The zero-order valence-electron chi connectivity index (χ0n) is 17.0. The maximum absolute atomic E-state index is 13.4. The Balaban J connectivity index is 1.61. The fourth-order valence-electron chi connectivity index (χ4n) is 5.70. The van der Waals surface area contributed by atoms with Crippen LogP contribution >= 0.6 is 92.8 Å². The van der Waals surface area contributed by atoms with E-state index in [9.17, 15) is 9.59 Å². The predicted octanol–water partition coefficient (Wildman–Crippen LogP) is 7.66. The molecule has 4 bridgehead atoms. The summed E-state index contributed by atoms with van der Waals surface area (Å²) in [5.74, 6) is -4.00. The molecule has 1 saturated heterocycles. The van der Waals surface area contributed by atoms with Crippen molar-refractivity contribution in [3.63, 3.8) is 0 Å². The van der Waals surface area contributed by atoms with Gasteiger partial charge in [-0.25, -0.2) is 0 Å². The third-order valence-corrected chi connectivity index (χ3v) is 10.5. The van der Waals surface area contributed by atoms with Crippen molar-refractivity contribution in [2.24, 2.45) is 0 Å². The van der Waals surface area contributed by atoms with Gasteiger partial charge in [0.25, 0.3) is 11.8 Å². The zero-order chi connectivity index (χ0) is 25.6. The van der Waals surface area contributed by atoms with E-state index in [-0.39, 0.29) is 62.4 Å². The summed E-state index contributed by atoms with van der Waals surface area (Å²) < 4.78 is 0. The summed E-state index contributed by atoms with van der Waals surface area (Å²) in [6.45, 7) is 0. The van der Waals surface area contributed by atoms with Crippen LogP contribution in [0.1, 0.15) is 31.8 Å². The standard InChI is InChI=1S/C22H6Cl8N4O2/c23-11-7-9(13(25)17(29)15(11)27)21(31-19(7)35)33-5-1-2-6(4-3-5)34(21)22(33)10-8(20(36)32-22)12(24)16(28)18(30)14(10)26/h1-4H,(H,31,35)(H,32,36). The fourth-order valence-corrected chi connectivity index (χ4v) is 7.84. The second-order valence-electron chi connectivity index (χ2n) is 8.45. The zero-order valence-corrected chi connectivity index (χ0v) is 23.1. The number of hydrogen-bond donors (Lipinski definition) is 2. The summed E-state index contributed by atoms with van der Waals surface area (Å²) >= 11 is 51.9. The van der Waals surface area contributed by atoms with Crippen molar-refractivity contribution in [1.82, 2.24) is 10.6 Å². The highest BCUT2D eigenvalue weighted by Gasteiger charge is 2.78. The molecule has 14 heteroatoms. The van der Waals surface area contributed by atoms with Gasteiger partial charge >= 0.3 is 0 Å². The summed E-state index contributed by atoms with van der Waals surface area (Å²) in [7, 11) is 0. The van der Waals surface area contributed by atoms with Crippen molar-refractivity contribution in [1.29, 1.82) is 0 Å². The molecular formula is C22H6Cl8N4O2. The Kier molecular flexibility index (Phi) is 4.68. The molecule has 3 aromatic carbocycles. The molecule has 2 N–H and O–H groups in total. The third-order valence-electron chi connectivity index (χ3n) is 6.92. The quantitative estimate of drug-likeness (QED) is 0.195. The Bertz CT molecular complexity index is 1510. The molecule has 182 valence electrons. The van der Waals surface area contributed by atoms with E-state index >= 15 is 0 Å². The van der Waals surface area contributed by atoms with Gasteiger partial charge in [0.1, 0.15) is 0 Å². The van der Waals surface area contributed by atoms with Gasteiger partial charge in [0.15, 0.2) is 0 Å². The summed E-state index contributed by atoms with van der Waals surface area (Å²) in [5, 5.41) is 5.78. The van der Waals surface area contributed by atoms with Gasteiger partial charge in [-0.3, -0.25) is 19.4 Å². The van der Waals surface area contributed by atoms with E-state index in [2.05, 4.69) is 10.6 Å². The van der Waals surface area contributed by atoms with Crippen LogP contribution in [0, 0.1) is 0 Å². The Morgan fingerprint density at radius 3 is 1.14 bits per heavy atom. The first-order valence-electron chi connectivity index (χ1n) is 10.1. The first-order chi connectivity index (χ1) is 17.0. The van der Waals surface area contributed by atoms with Crippen molar-refractivity contribution in [3.8, 4) is 0 Å². The molecule has 1 fully saturated rings. The Labute approximate surface area is 242 Å². The van der Waals surface area contributed by atoms with Crippen LogP contribution in [0.4, 0.5) is 11.4 Å². The summed E-state index contributed by atoms with van der Waals surface area (Å²) in [5.41, 5.74) is 1.87. The van der Waals surface area contributed by atoms with Crippen LogP contribution in [0.2, 0.25) is 40.2 Å². The van der Waals surface area contributed by atoms with Crippen LogP contribution in [0.5, 0.6) is 0 Å². The van der Waals surface area contributed by atoms with E-state index in [0.717, 1.165) is 0 Å². The molecule has 7 heterocycles. The molecule has 6 nitrogen and oxygen atoms in total. The van der Waals surface area contributed by atoms with Gasteiger partial charge in [0.2, 0.25) is 11.6 Å². The molecule has 0 aromatic heterocycles. The number of fused-ring (bicyclic) bond motifs is 2. The van der Waals surface area contributed by atoms with E-state index in [1.165, 1.54) is 0 Å². The minimum absolute atomic E-state index is 0.0203. The van der Waals surface area contributed by atoms with Crippen LogP contribution in [-0.4, -0.2) is 11.8 Å². The number of nitrogens with one attached hydrogen (secondary N) is 2. The molecule has 36 heavy (non-hydrogen) atoms. The number of benzene rings is 3. The van der Waals surface area contributed by atoms with Crippen LogP contribution < -0.4 is 20.4 Å². The highest BCUT2D eigenvalue weighted by molar-refractivity contribution is 6.54. The Morgan fingerprint density at radius 2 is 0.806 bits per heavy atom. The fraction of sp³-hybridized carbons (Fsp3) is 0.0909. The maximum atomic E-state index is 13.4. The molecule has 0 saturated carbocycles. The van der Waals surface area contributed by atoms with E-state index in [1.54, 1.807) is 9.80 Å². The molecule has 7 aliphatic heterocycles. The van der Waals surface area contributed by atoms with Gasteiger partial charge in [-0.15, -0.1) is 0 Å². The van der Waals surface area contributed by atoms with Gasteiger partial charge in [-0.05, 0) is 24.3 Å². The molecule has 0 atom stereocenters. The largest absolute Gasteiger partial charge is 0.308 e. The SMILES string of the molecule is O=C1NC2(c3c(Cl)c(Cl)c(Cl)c(Cl)c31)N1c3ccc(cc3)N2C12NC(=O)c1c(Cl)c(Cl)c(Cl)c(Cl)c12. The first kappa shape index (κ1) is 23.6. The molecule has 10 rings (SSSR count). The number of nitrogens with zero attached hydrogens (tertiary/aromatic N) is 2. The molecule has 0 aliphatic carbocycles. The van der Waals surface area contributed by atoms with Gasteiger partial charge in [-0.1, -0.05) is 92.8 Å². The summed E-state index contributed by atoms with van der Waals surface area (Å²) in [6, 6.07) is 7.28. The smallest absolute Gasteiger partial charge is 0.256 e. The number of carbonyl (C=O) groups excluding carboxylic acids is 2. The van der Waals surface area contributed by atoms with Crippen molar-refractivity contribution in [2.45, 2.75) is 11.6 Å². The van der Waals surface area contributed by atoms with E-state index in [1.807, 2.05) is 24.3 Å². The second kappa shape index (κ2) is 7.13. The Morgan fingerprint density at radius 1 is 0.500 bits per heavy atom. The number of hydrogen-bond acceptors (Lipinski definition) is 4. The van der Waals surface area contributed by atoms with Gasteiger partial charge in [0.05, 0.1) is 62.4 Å². The number of rotatable bonds is 0. The van der Waals surface area contributed by atoms with E-state index in [0.29, 0.717) is 11.4 Å². The van der Waals surface area contributed by atoms with Crippen LogP contribution in [0.3, 0.4) is 0 Å². The van der Waals surface area contributed by atoms with Crippen LogP contribution in [-0.2, 0) is 11.6 Å². The van der Waals surface area contributed by atoms with Gasteiger partial charge in [-0.2, -0.15) is 0 Å². The van der Waals surface area contributed by atoms with E-state index < -0.39 is 23.4 Å².